The van der Waals surface area contributed by atoms with Crippen molar-refractivity contribution < 1.29 is 13.2 Å². The molecule has 0 saturated carbocycles. The lowest BCUT2D eigenvalue weighted by Gasteiger charge is -2.20. The van der Waals surface area contributed by atoms with E-state index in [0.717, 1.165) is 48.2 Å². The number of nitrogens with one attached hydrogen (secondary N) is 2. The molecule has 1 fully saturated rings. The summed E-state index contributed by atoms with van der Waals surface area (Å²) in [4.78, 5) is 14.5. The Balaban J connectivity index is 1.93. The number of hydrogen-bond donors (Lipinski definition) is 2. The molecule has 0 spiro atoms. The molecule has 1 aliphatic heterocycles. The quantitative estimate of drug-likeness (QED) is 0.799. The minimum absolute atomic E-state index is 0.206. The van der Waals surface area contributed by atoms with Gasteiger partial charge in [0.25, 0.3) is 10.0 Å². The summed E-state index contributed by atoms with van der Waals surface area (Å²) < 4.78 is 29.1. The molecule has 0 atom stereocenters. The van der Waals surface area contributed by atoms with Crippen molar-refractivity contribution in [2.75, 3.05) is 23.1 Å². The number of amides is 2. The summed E-state index contributed by atoms with van der Waals surface area (Å²) in [6.45, 7) is 8.90. The fourth-order valence-electron chi connectivity index (χ4n) is 3.58. The predicted molar refractivity (Wildman–Crippen MR) is 112 cm³/mol. The van der Waals surface area contributed by atoms with Gasteiger partial charge in [-0.15, -0.1) is 0 Å². The molecule has 3 rings (SSSR count). The van der Waals surface area contributed by atoms with E-state index < -0.39 is 10.0 Å². The Kier molecular flexibility index (Phi) is 5.65. The minimum atomic E-state index is -3.81. The largest absolute Gasteiger partial charge is 0.325 e. The van der Waals surface area contributed by atoms with E-state index in [2.05, 4.69) is 10.0 Å². The van der Waals surface area contributed by atoms with E-state index >= 15 is 0 Å². The molecule has 0 bridgehead atoms. The summed E-state index contributed by atoms with van der Waals surface area (Å²) in [5.74, 6) is 0. The van der Waals surface area contributed by atoms with Crippen molar-refractivity contribution in [3.8, 4) is 0 Å². The van der Waals surface area contributed by atoms with Gasteiger partial charge in [0.05, 0.1) is 16.3 Å². The molecule has 0 aliphatic carbocycles. The maximum atomic E-state index is 13.2. The molecule has 1 aliphatic rings. The first kappa shape index (κ1) is 20.2. The molecule has 150 valence electrons. The molecule has 6 nitrogen and oxygen atoms in total. The highest BCUT2D eigenvalue weighted by Gasteiger charge is 2.24. The molecule has 1 heterocycles. The Hall–Kier alpha value is -2.54. The first-order chi connectivity index (χ1) is 13.2. The van der Waals surface area contributed by atoms with Gasteiger partial charge >= 0.3 is 6.03 Å². The van der Waals surface area contributed by atoms with Gasteiger partial charge in [0, 0.05) is 13.1 Å². The summed E-state index contributed by atoms with van der Waals surface area (Å²) in [7, 11) is -3.81. The Labute approximate surface area is 167 Å². The number of rotatable bonds is 4. The number of carbonyl (C=O) groups is 1. The van der Waals surface area contributed by atoms with Gasteiger partial charge in [0.15, 0.2) is 0 Å². The minimum Gasteiger partial charge on any atom is -0.325 e. The van der Waals surface area contributed by atoms with E-state index in [1.807, 2.05) is 33.8 Å². The van der Waals surface area contributed by atoms with Crippen LogP contribution in [0.5, 0.6) is 0 Å². The monoisotopic (exact) mass is 401 g/mol. The number of para-hydroxylation sites is 2. The number of carbonyl (C=O) groups excluding carboxylic acids is 1. The molecule has 0 aromatic heterocycles. The zero-order valence-corrected chi connectivity index (χ0v) is 17.6. The number of hydrogen-bond acceptors (Lipinski definition) is 3. The highest BCUT2D eigenvalue weighted by Crippen LogP contribution is 2.30. The Morgan fingerprint density at radius 1 is 0.929 bits per heavy atom. The average Bonchev–Trinajstić information content (AvgIpc) is 3.16. The third-order valence-electron chi connectivity index (χ3n) is 5.37. The van der Waals surface area contributed by atoms with Crippen LogP contribution in [-0.4, -0.2) is 32.4 Å². The van der Waals surface area contributed by atoms with Crippen LogP contribution in [0.1, 0.15) is 35.1 Å². The van der Waals surface area contributed by atoms with Gasteiger partial charge in [0.2, 0.25) is 0 Å². The van der Waals surface area contributed by atoms with E-state index in [0.29, 0.717) is 16.3 Å². The standard InChI is InChI=1S/C21H27N3O3S/c1-14-13-15(2)17(4)20(16(14)3)28(26,27)23-19-10-6-5-9-18(19)22-21(25)24-11-7-8-12-24/h5-6,9-10,13,23H,7-8,11-12H2,1-4H3,(H,22,25). The molecule has 2 N–H and O–H groups in total. The van der Waals surface area contributed by atoms with Crippen LogP contribution >= 0.6 is 0 Å². The molecule has 0 unspecified atom stereocenters. The first-order valence-electron chi connectivity index (χ1n) is 9.46. The van der Waals surface area contributed by atoms with Crippen molar-refractivity contribution in [3.63, 3.8) is 0 Å². The number of aryl methyl sites for hydroxylation is 2. The van der Waals surface area contributed by atoms with Crippen LogP contribution in [0.15, 0.2) is 35.2 Å². The highest BCUT2D eigenvalue weighted by molar-refractivity contribution is 7.92. The fraction of sp³-hybridized carbons (Fsp3) is 0.381. The normalized spacial score (nSPS) is 14.2. The summed E-state index contributed by atoms with van der Waals surface area (Å²) in [6.07, 6.45) is 1.99. The third kappa shape index (κ3) is 3.99. The van der Waals surface area contributed by atoms with Gasteiger partial charge < -0.3 is 10.2 Å². The van der Waals surface area contributed by atoms with Gasteiger partial charge in [-0.05, 0) is 74.9 Å². The summed E-state index contributed by atoms with van der Waals surface area (Å²) in [5.41, 5.74) is 4.12. The second-order valence-corrected chi connectivity index (χ2v) is 8.98. The summed E-state index contributed by atoms with van der Waals surface area (Å²) in [5, 5.41) is 2.84. The van der Waals surface area contributed by atoms with E-state index in [1.165, 1.54) is 0 Å². The van der Waals surface area contributed by atoms with Crippen molar-refractivity contribution in [1.29, 1.82) is 0 Å². The Morgan fingerprint density at radius 2 is 1.46 bits per heavy atom. The van der Waals surface area contributed by atoms with Gasteiger partial charge in [-0.1, -0.05) is 18.2 Å². The molecular weight excluding hydrogens is 374 g/mol. The van der Waals surface area contributed by atoms with Crippen LogP contribution in [-0.2, 0) is 10.0 Å². The molecule has 1 saturated heterocycles. The van der Waals surface area contributed by atoms with Gasteiger partial charge in [-0.25, -0.2) is 13.2 Å². The van der Waals surface area contributed by atoms with E-state index in [4.69, 9.17) is 0 Å². The van der Waals surface area contributed by atoms with Crippen LogP contribution < -0.4 is 10.0 Å². The topological polar surface area (TPSA) is 78.5 Å². The Morgan fingerprint density at radius 3 is 2.04 bits per heavy atom. The van der Waals surface area contributed by atoms with Crippen molar-refractivity contribution in [2.24, 2.45) is 0 Å². The van der Waals surface area contributed by atoms with Gasteiger partial charge in [-0.3, -0.25) is 4.72 Å². The number of anilines is 2. The van der Waals surface area contributed by atoms with Crippen LogP contribution in [0, 0.1) is 27.7 Å². The molecule has 2 aromatic rings. The molecule has 2 amide bonds. The number of sulfonamides is 1. The highest BCUT2D eigenvalue weighted by atomic mass is 32.2. The number of likely N-dealkylation sites (tertiary alicyclic amines) is 1. The van der Waals surface area contributed by atoms with Crippen molar-refractivity contribution in [2.45, 2.75) is 45.4 Å². The second-order valence-electron chi connectivity index (χ2n) is 7.36. The van der Waals surface area contributed by atoms with Crippen LogP contribution in [0.4, 0.5) is 16.2 Å². The van der Waals surface area contributed by atoms with Crippen LogP contribution in [0.2, 0.25) is 0 Å². The van der Waals surface area contributed by atoms with Crippen molar-refractivity contribution in [1.82, 2.24) is 4.90 Å². The number of urea groups is 1. The zero-order chi connectivity index (χ0) is 20.5. The number of benzene rings is 2. The lowest BCUT2D eigenvalue weighted by Crippen LogP contribution is -2.32. The van der Waals surface area contributed by atoms with Crippen LogP contribution in [0.25, 0.3) is 0 Å². The van der Waals surface area contributed by atoms with Gasteiger partial charge in [-0.2, -0.15) is 0 Å². The predicted octanol–water partition coefficient (Wildman–Crippen LogP) is 4.35. The Bertz CT molecular complexity index is 984. The smallest absolute Gasteiger partial charge is 0.321 e. The molecule has 7 heteroatoms. The molecular formula is C21H27N3O3S. The summed E-state index contributed by atoms with van der Waals surface area (Å²) >= 11 is 0. The molecule has 28 heavy (non-hydrogen) atoms. The lowest BCUT2D eigenvalue weighted by molar-refractivity contribution is 0.222. The average molecular weight is 402 g/mol. The maximum Gasteiger partial charge on any atom is 0.321 e. The zero-order valence-electron chi connectivity index (χ0n) is 16.8. The number of nitrogens with zero attached hydrogens (tertiary/aromatic N) is 1. The molecule has 0 radical (unpaired) electrons. The SMILES string of the molecule is Cc1cc(C)c(C)c(S(=O)(=O)Nc2ccccc2NC(=O)N2CCCC2)c1C. The van der Waals surface area contributed by atoms with Crippen molar-refractivity contribution >= 4 is 27.4 Å². The lowest BCUT2D eigenvalue weighted by atomic mass is 10.0. The van der Waals surface area contributed by atoms with Crippen LogP contribution in [0.3, 0.4) is 0 Å². The fourth-order valence-corrected chi connectivity index (χ4v) is 5.27. The van der Waals surface area contributed by atoms with Gasteiger partial charge in [0.1, 0.15) is 0 Å². The molecule has 2 aromatic carbocycles. The van der Waals surface area contributed by atoms with E-state index in [9.17, 15) is 13.2 Å². The van der Waals surface area contributed by atoms with Crippen molar-refractivity contribution in [3.05, 3.63) is 52.6 Å². The maximum absolute atomic E-state index is 13.2. The summed E-state index contributed by atoms with van der Waals surface area (Å²) in [6, 6.07) is 8.66. The third-order valence-corrected chi connectivity index (χ3v) is 7.01. The first-order valence-corrected chi connectivity index (χ1v) is 10.9. The second kappa shape index (κ2) is 7.83. The van der Waals surface area contributed by atoms with E-state index in [-0.39, 0.29) is 6.03 Å². The van der Waals surface area contributed by atoms with E-state index in [1.54, 1.807) is 29.2 Å².